The van der Waals surface area contributed by atoms with Crippen molar-refractivity contribution in [3.05, 3.63) is 75.1 Å². The zero-order chi connectivity index (χ0) is 18.8. The van der Waals surface area contributed by atoms with Gasteiger partial charge in [0.05, 0.1) is 17.3 Å². The maximum absolute atomic E-state index is 12.5. The molecule has 0 bridgehead atoms. The first-order valence-corrected chi connectivity index (χ1v) is 7.93. The number of phenols is 1. The van der Waals surface area contributed by atoms with Gasteiger partial charge in [-0.25, -0.2) is 0 Å². The Balaban J connectivity index is 2.32. The smallest absolute Gasteiger partial charge is 0.266 e. The topological polar surface area (TPSA) is 101 Å². The van der Waals surface area contributed by atoms with Gasteiger partial charge in [-0.2, -0.15) is 10.5 Å². The number of hydrogen-bond acceptors (Lipinski definition) is 4. The molecule has 0 spiro atoms. The summed E-state index contributed by atoms with van der Waals surface area (Å²) >= 11 is 0. The summed E-state index contributed by atoms with van der Waals surface area (Å²) in [4.78, 5) is 15.1. The molecule has 0 aliphatic carbocycles. The van der Waals surface area contributed by atoms with Gasteiger partial charge in [-0.3, -0.25) is 4.79 Å². The predicted molar refractivity (Wildman–Crippen MR) is 98.5 cm³/mol. The van der Waals surface area contributed by atoms with Gasteiger partial charge in [-0.05, 0) is 49.2 Å². The third-order valence-corrected chi connectivity index (χ3v) is 4.23. The molecule has 0 fully saturated rings. The number of hydrogen-bond donors (Lipinski definition) is 2. The van der Waals surface area contributed by atoms with E-state index in [9.17, 15) is 15.2 Å². The molecule has 5 heteroatoms. The van der Waals surface area contributed by atoms with Gasteiger partial charge in [0.25, 0.3) is 5.56 Å². The summed E-state index contributed by atoms with van der Waals surface area (Å²) in [6, 6.07) is 15.8. The monoisotopic (exact) mass is 341 g/mol. The number of aryl methyl sites for hydroxylation is 2. The standard InChI is InChI=1S/C21H15N3O2/c1-12-3-5-15(13(2)7-12)16-9-19(24-21(26)18(16)11-23)17-8-14(10-22)4-6-20(17)25/h3-9,25H,1-2H3,(H,24,26). The second-order valence-corrected chi connectivity index (χ2v) is 6.07. The van der Waals surface area contributed by atoms with Gasteiger partial charge in [0.2, 0.25) is 0 Å². The zero-order valence-electron chi connectivity index (χ0n) is 14.3. The number of benzene rings is 2. The Bertz CT molecular complexity index is 1160. The first-order chi connectivity index (χ1) is 12.4. The van der Waals surface area contributed by atoms with Crippen LogP contribution in [-0.2, 0) is 0 Å². The fourth-order valence-corrected chi connectivity index (χ4v) is 2.97. The Morgan fingerprint density at radius 1 is 0.923 bits per heavy atom. The lowest BCUT2D eigenvalue weighted by Gasteiger charge is -2.12. The molecule has 0 saturated heterocycles. The van der Waals surface area contributed by atoms with E-state index in [1.165, 1.54) is 18.2 Å². The van der Waals surface area contributed by atoms with Gasteiger partial charge < -0.3 is 10.1 Å². The summed E-state index contributed by atoms with van der Waals surface area (Å²) in [5.41, 5.74) is 3.79. The van der Waals surface area contributed by atoms with E-state index in [4.69, 9.17) is 5.26 Å². The minimum atomic E-state index is -0.540. The Morgan fingerprint density at radius 3 is 2.35 bits per heavy atom. The van der Waals surface area contributed by atoms with Crippen LogP contribution in [0.3, 0.4) is 0 Å². The molecular weight excluding hydrogens is 326 g/mol. The molecule has 126 valence electrons. The number of aromatic nitrogens is 1. The second kappa shape index (κ2) is 6.58. The van der Waals surface area contributed by atoms with Crippen LogP contribution < -0.4 is 5.56 Å². The van der Waals surface area contributed by atoms with E-state index in [0.717, 1.165) is 16.7 Å². The van der Waals surface area contributed by atoms with E-state index >= 15 is 0 Å². The van der Waals surface area contributed by atoms with Gasteiger partial charge in [0, 0.05) is 11.1 Å². The maximum atomic E-state index is 12.5. The minimum Gasteiger partial charge on any atom is -0.507 e. The molecule has 3 aromatic rings. The van der Waals surface area contributed by atoms with Crippen LogP contribution in [0.15, 0.2) is 47.3 Å². The SMILES string of the molecule is Cc1ccc(-c2cc(-c3cc(C#N)ccc3O)[nH]c(=O)c2C#N)c(C)c1. The molecule has 0 unspecified atom stereocenters. The number of rotatable bonds is 2. The second-order valence-electron chi connectivity index (χ2n) is 6.07. The van der Waals surface area contributed by atoms with Gasteiger partial charge >= 0.3 is 0 Å². The van der Waals surface area contributed by atoms with Crippen molar-refractivity contribution >= 4 is 0 Å². The lowest BCUT2D eigenvalue weighted by molar-refractivity contribution is 0.477. The third-order valence-electron chi connectivity index (χ3n) is 4.23. The van der Waals surface area contributed by atoms with Crippen molar-refractivity contribution in [1.29, 1.82) is 10.5 Å². The van der Waals surface area contributed by atoms with Gasteiger partial charge in [-0.1, -0.05) is 23.8 Å². The highest BCUT2D eigenvalue weighted by atomic mass is 16.3. The van der Waals surface area contributed by atoms with Crippen molar-refractivity contribution in [2.24, 2.45) is 0 Å². The molecule has 2 aromatic carbocycles. The molecule has 0 radical (unpaired) electrons. The fourth-order valence-electron chi connectivity index (χ4n) is 2.97. The van der Waals surface area contributed by atoms with Gasteiger partial charge in [0.15, 0.2) is 0 Å². The molecule has 0 atom stereocenters. The number of phenolic OH excluding ortho intramolecular Hbond substituents is 1. The number of pyridine rings is 1. The molecule has 1 heterocycles. The van der Waals surface area contributed by atoms with Crippen LogP contribution in [0.5, 0.6) is 5.75 Å². The van der Waals surface area contributed by atoms with Crippen LogP contribution in [-0.4, -0.2) is 10.1 Å². The number of aromatic amines is 1. The Morgan fingerprint density at radius 2 is 1.69 bits per heavy atom. The minimum absolute atomic E-state index is 0.0108. The lowest BCUT2D eigenvalue weighted by atomic mass is 9.94. The van der Waals surface area contributed by atoms with Crippen LogP contribution in [0.1, 0.15) is 22.3 Å². The Labute approximate surface area is 150 Å². The summed E-state index contributed by atoms with van der Waals surface area (Å²) in [7, 11) is 0. The van der Waals surface area contributed by atoms with Crippen LogP contribution in [0.25, 0.3) is 22.4 Å². The number of nitriles is 2. The van der Waals surface area contributed by atoms with E-state index in [-0.39, 0.29) is 11.3 Å². The molecule has 0 saturated carbocycles. The molecule has 5 nitrogen and oxygen atoms in total. The van der Waals surface area contributed by atoms with E-state index in [0.29, 0.717) is 22.4 Å². The molecule has 26 heavy (non-hydrogen) atoms. The van der Waals surface area contributed by atoms with E-state index in [1.54, 1.807) is 6.07 Å². The average Bonchev–Trinajstić information content (AvgIpc) is 2.61. The molecule has 2 N–H and O–H groups in total. The number of nitrogens with zero attached hydrogens (tertiary/aromatic N) is 2. The van der Waals surface area contributed by atoms with Crippen molar-refractivity contribution in [2.45, 2.75) is 13.8 Å². The highest BCUT2D eigenvalue weighted by Crippen LogP contribution is 2.33. The van der Waals surface area contributed by atoms with Crippen LogP contribution in [0.2, 0.25) is 0 Å². The van der Waals surface area contributed by atoms with Crippen LogP contribution >= 0.6 is 0 Å². The maximum Gasteiger partial charge on any atom is 0.266 e. The summed E-state index contributed by atoms with van der Waals surface area (Å²) in [5, 5.41) is 28.7. The summed E-state index contributed by atoms with van der Waals surface area (Å²) < 4.78 is 0. The molecule has 0 amide bonds. The lowest BCUT2D eigenvalue weighted by Crippen LogP contribution is -2.13. The van der Waals surface area contributed by atoms with Crippen molar-refractivity contribution in [3.8, 4) is 40.3 Å². The number of aromatic hydroxyl groups is 1. The molecule has 1 aromatic heterocycles. The van der Waals surface area contributed by atoms with E-state index in [2.05, 4.69) is 4.98 Å². The summed E-state index contributed by atoms with van der Waals surface area (Å²) in [6.07, 6.45) is 0. The van der Waals surface area contributed by atoms with Gasteiger partial charge in [-0.15, -0.1) is 0 Å². The summed E-state index contributed by atoms with van der Waals surface area (Å²) in [6.45, 7) is 3.88. The number of H-pyrrole nitrogens is 1. The highest BCUT2D eigenvalue weighted by molar-refractivity contribution is 5.79. The Hall–Kier alpha value is -3.83. The number of nitrogens with one attached hydrogen (secondary N) is 1. The quantitative estimate of drug-likeness (QED) is 0.740. The molecule has 0 aliphatic rings. The molecule has 0 aliphatic heterocycles. The van der Waals surface area contributed by atoms with Crippen molar-refractivity contribution < 1.29 is 5.11 Å². The first-order valence-electron chi connectivity index (χ1n) is 7.93. The molecular formula is C21H15N3O2. The van der Waals surface area contributed by atoms with Crippen molar-refractivity contribution in [2.75, 3.05) is 0 Å². The largest absolute Gasteiger partial charge is 0.507 e. The fraction of sp³-hybridized carbons (Fsp3) is 0.0952. The first kappa shape index (κ1) is 17.0. The van der Waals surface area contributed by atoms with Crippen molar-refractivity contribution in [3.63, 3.8) is 0 Å². The molecule has 3 rings (SSSR count). The predicted octanol–water partition coefficient (Wildman–Crippen LogP) is 3.77. The van der Waals surface area contributed by atoms with Crippen LogP contribution in [0.4, 0.5) is 0 Å². The van der Waals surface area contributed by atoms with Gasteiger partial charge in [0.1, 0.15) is 17.4 Å². The summed E-state index contributed by atoms with van der Waals surface area (Å²) in [5.74, 6) is -0.0593. The third kappa shape index (κ3) is 2.94. The Kier molecular flexibility index (Phi) is 4.31. The zero-order valence-corrected chi connectivity index (χ0v) is 14.3. The average molecular weight is 341 g/mol. The highest BCUT2D eigenvalue weighted by Gasteiger charge is 2.16. The normalized spacial score (nSPS) is 10.2. The van der Waals surface area contributed by atoms with E-state index in [1.807, 2.05) is 44.2 Å². The van der Waals surface area contributed by atoms with E-state index < -0.39 is 5.56 Å². The van der Waals surface area contributed by atoms with Crippen molar-refractivity contribution in [1.82, 2.24) is 4.98 Å². The van der Waals surface area contributed by atoms with Crippen LogP contribution in [0, 0.1) is 36.5 Å².